The monoisotopic (exact) mass is 588 g/mol. The second-order valence-electron chi connectivity index (χ2n) is 9.73. The van der Waals surface area contributed by atoms with Gasteiger partial charge in [0.25, 0.3) is 0 Å². The Kier molecular flexibility index (Phi) is 8.39. The van der Waals surface area contributed by atoms with Crippen molar-refractivity contribution in [2.24, 2.45) is 4.99 Å². The van der Waals surface area contributed by atoms with Crippen molar-refractivity contribution in [1.29, 1.82) is 0 Å². The van der Waals surface area contributed by atoms with E-state index in [0.717, 1.165) is 22.4 Å². The molecule has 1 aliphatic rings. The third kappa shape index (κ3) is 6.21. The summed E-state index contributed by atoms with van der Waals surface area (Å²) in [7, 11) is 1.59. The molecule has 5 rings (SSSR count). The van der Waals surface area contributed by atoms with Gasteiger partial charge in [0, 0.05) is 22.7 Å². The minimum Gasteiger partial charge on any atom is -0.504 e. The number of aromatic nitrogens is 3. The molecular weight excluding hydrogens is 560 g/mol. The molecule has 3 aromatic carbocycles. The molecule has 2 amide bonds. The Morgan fingerprint density at radius 1 is 0.976 bits per heavy atom. The number of aromatic hydroxyl groups is 2. The molecule has 12 heteroatoms. The molecule has 0 radical (unpaired) electrons. The van der Waals surface area contributed by atoms with Crippen LogP contribution in [0.3, 0.4) is 0 Å². The number of phenolic OH excluding ortho intramolecular Hbond substituents is 2. The fourth-order valence-corrected chi connectivity index (χ4v) is 4.86. The fourth-order valence-electron chi connectivity index (χ4n) is 4.74. The lowest BCUT2D eigenvalue weighted by Gasteiger charge is -2.14. The van der Waals surface area contributed by atoms with Gasteiger partial charge in [-0.2, -0.15) is 0 Å². The predicted octanol–water partition coefficient (Wildman–Crippen LogP) is 3.41. The van der Waals surface area contributed by atoms with Gasteiger partial charge in [0.2, 0.25) is 11.8 Å². The van der Waals surface area contributed by atoms with E-state index < -0.39 is 6.04 Å². The summed E-state index contributed by atoms with van der Waals surface area (Å²) >= 11 is 6.15. The molecule has 11 nitrogen and oxygen atoms in total. The lowest BCUT2D eigenvalue weighted by molar-refractivity contribution is -0.126. The van der Waals surface area contributed by atoms with Gasteiger partial charge in [-0.1, -0.05) is 29.8 Å². The highest BCUT2D eigenvalue weighted by atomic mass is 35.5. The Hall–Kier alpha value is -4.90. The van der Waals surface area contributed by atoms with E-state index >= 15 is 0 Å². The van der Waals surface area contributed by atoms with Crippen LogP contribution in [0.1, 0.15) is 40.8 Å². The molecule has 1 aromatic heterocycles. The predicted molar refractivity (Wildman–Crippen MR) is 157 cm³/mol. The number of carbonyl (C=O) groups is 2. The minimum absolute atomic E-state index is 0.0690. The summed E-state index contributed by atoms with van der Waals surface area (Å²) in [6, 6.07) is 16.7. The summed E-state index contributed by atoms with van der Waals surface area (Å²) < 4.78 is 7.37. The Bertz CT molecular complexity index is 1670. The zero-order valence-corrected chi connectivity index (χ0v) is 23.7. The molecule has 0 spiro atoms. The van der Waals surface area contributed by atoms with Crippen molar-refractivity contribution in [2.75, 3.05) is 20.2 Å². The van der Waals surface area contributed by atoms with Crippen LogP contribution in [-0.4, -0.2) is 62.7 Å². The average Bonchev–Trinajstić information content (AvgIpc) is 3.30. The number of halogens is 1. The molecule has 42 heavy (non-hydrogen) atoms. The largest absolute Gasteiger partial charge is 0.504 e. The zero-order valence-electron chi connectivity index (χ0n) is 23.0. The van der Waals surface area contributed by atoms with Gasteiger partial charge in [-0.15, -0.1) is 10.2 Å². The van der Waals surface area contributed by atoms with Crippen LogP contribution in [0.5, 0.6) is 17.2 Å². The second-order valence-corrected chi connectivity index (χ2v) is 10.2. The molecule has 4 N–H and O–H groups in total. The Labute approximate surface area is 246 Å². The van der Waals surface area contributed by atoms with Gasteiger partial charge < -0.3 is 25.6 Å². The van der Waals surface area contributed by atoms with Crippen LogP contribution < -0.4 is 15.4 Å². The number of carbonyl (C=O) groups excluding carboxylic acids is 2. The van der Waals surface area contributed by atoms with E-state index in [0.29, 0.717) is 41.1 Å². The van der Waals surface area contributed by atoms with Crippen LogP contribution in [0, 0.1) is 6.92 Å². The second kappa shape index (κ2) is 12.3. The Morgan fingerprint density at radius 3 is 2.50 bits per heavy atom. The number of nitrogens with one attached hydrogen (secondary N) is 2. The van der Waals surface area contributed by atoms with Crippen molar-refractivity contribution >= 4 is 29.1 Å². The molecule has 0 saturated carbocycles. The Balaban J connectivity index is 1.33. The zero-order chi connectivity index (χ0) is 29.8. The van der Waals surface area contributed by atoms with Gasteiger partial charge in [-0.25, -0.2) is 0 Å². The molecule has 0 fully saturated rings. The van der Waals surface area contributed by atoms with E-state index in [-0.39, 0.29) is 36.3 Å². The minimum atomic E-state index is -0.694. The van der Waals surface area contributed by atoms with Gasteiger partial charge in [-0.3, -0.25) is 19.1 Å². The highest BCUT2D eigenvalue weighted by Crippen LogP contribution is 2.34. The van der Waals surface area contributed by atoms with Crippen molar-refractivity contribution in [3.8, 4) is 22.9 Å². The van der Waals surface area contributed by atoms with Crippen LogP contribution >= 0.6 is 11.6 Å². The van der Waals surface area contributed by atoms with Crippen molar-refractivity contribution in [1.82, 2.24) is 25.4 Å². The van der Waals surface area contributed by atoms with Crippen LogP contribution in [-0.2, 0) is 16.0 Å². The highest BCUT2D eigenvalue weighted by molar-refractivity contribution is 6.30. The molecule has 2 heterocycles. The maximum absolute atomic E-state index is 13.1. The quantitative estimate of drug-likeness (QED) is 0.219. The number of hydrogen-bond donors (Lipinski definition) is 4. The first-order valence-corrected chi connectivity index (χ1v) is 13.6. The van der Waals surface area contributed by atoms with Gasteiger partial charge in [0.15, 0.2) is 17.3 Å². The van der Waals surface area contributed by atoms with Gasteiger partial charge in [-0.05, 0) is 61.4 Å². The number of benzene rings is 3. The molecule has 0 saturated heterocycles. The molecule has 216 valence electrons. The van der Waals surface area contributed by atoms with Crippen LogP contribution in [0.4, 0.5) is 0 Å². The third-order valence-electron chi connectivity index (χ3n) is 6.85. The standard InChI is InChI=1S/C30H29ClN6O5/c1-17-35-36-30-23(15-27(40)33-16-28(41)32-12-11-18-3-10-25(38)26(39)13-18)34-29(19-4-6-20(31)7-5-19)22-14-21(42-2)8-9-24(22)37(17)30/h3-10,13-14,23,38-39H,11-12,15-16H2,1-2H3,(H,32,41)(H,33,40). The van der Waals surface area contributed by atoms with E-state index in [9.17, 15) is 19.8 Å². The lowest BCUT2D eigenvalue weighted by atomic mass is 10.00. The summed E-state index contributed by atoms with van der Waals surface area (Å²) in [5, 5.41) is 33.7. The summed E-state index contributed by atoms with van der Waals surface area (Å²) in [5.74, 6) is 0.604. The van der Waals surface area contributed by atoms with Crippen molar-refractivity contribution < 1.29 is 24.5 Å². The highest BCUT2D eigenvalue weighted by Gasteiger charge is 2.30. The van der Waals surface area contributed by atoms with E-state index in [1.54, 1.807) is 25.3 Å². The number of phenols is 2. The summed E-state index contributed by atoms with van der Waals surface area (Å²) in [4.78, 5) is 30.5. The summed E-state index contributed by atoms with van der Waals surface area (Å²) in [5.41, 5.74) is 3.77. The number of nitrogens with zero attached hydrogens (tertiary/aromatic N) is 4. The van der Waals surface area contributed by atoms with Gasteiger partial charge >= 0.3 is 0 Å². The SMILES string of the molecule is COc1ccc2c(c1)C(c1ccc(Cl)cc1)=NC(CC(=O)NCC(=O)NCCc1ccc(O)c(O)c1)c1nnc(C)n1-2. The summed E-state index contributed by atoms with van der Waals surface area (Å²) in [6.07, 6.45) is 0.374. The maximum atomic E-state index is 13.1. The molecule has 1 unspecified atom stereocenters. The van der Waals surface area contributed by atoms with E-state index in [4.69, 9.17) is 21.3 Å². The molecule has 1 atom stereocenters. The molecular formula is C30H29ClN6O5. The number of rotatable bonds is 9. The van der Waals surface area contributed by atoms with E-state index in [1.807, 2.05) is 41.8 Å². The lowest BCUT2D eigenvalue weighted by Crippen LogP contribution is -2.38. The van der Waals surface area contributed by atoms with Crippen molar-refractivity contribution in [2.45, 2.75) is 25.8 Å². The number of hydrogen-bond acceptors (Lipinski definition) is 8. The Morgan fingerprint density at radius 2 is 1.76 bits per heavy atom. The van der Waals surface area contributed by atoms with Gasteiger partial charge in [0.1, 0.15) is 17.6 Å². The molecule has 1 aliphatic heterocycles. The first-order chi connectivity index (χ1) is 20.2. The number of fused-ring (bicyclic) bond motifs is 3. The maximum Gasteiger partial charge on any atom is 0.239 e. The van der Waals surface area contributed by atoms with E-state index in [2.05, 4.69) is 20.8 Å². The molecule has 4 aromatic rings. The van der Waals surface area contributed by atoms with Crippen LogP contribution in [0.2, 0.25) is 5.02 Å². The number of ether oxygens (including phenoxy) is 1. The summed E-state index contributed by atoms with van der Waals surface area (Å²) in [6.45, 7) is 1.91. The molecule has 0 aliphatic carbocycles. The number of aryl methyl sites for hydroxylation is 1. The number of amides is 2. The van der Waals surface area contributed by atoms with Crippen LogP contribution in [0.25, 0.3) is 5.69 Å². The third-order valence-corrected chi connectivity index (χ3v) is 7.10. The normalized spacial score (nSPS) is 13.8. The van der Waals surface area contributed by atoms with Crippen LogP contribution in [0.15, 0.2) is 65.7 Å². The van der Waals surface area contributed by atoms with Gasteiger partial charge in [0.05, 0.1) is 31.5 Å². The van der Waals surface area contributed by atoms with Crippen molar-refractivity contribution in [3.05, 3.63) is 94.0 Å². The molecule has 0 bridgehead atoms. The first kappa shape index (κ1) is 28.6. The van der Waals surface area contributed by atoms with E-state index in [1.165, 1.54) is 12.1 Å². The smallest absolute Gasteiger partial charge is 0.239 e. The average molecular weight is 589 g/mol. The fraction of sp³-hybridized carbons (Fsp3) is 0.233. The number of methoxy groups -OCH3 is 1. The topological polar surface area (TPSA) is 151 Å². The number of aliphatic imine (C=N–C) groups is 1. The first-order valence-electron chi connectivity index (χ1n) is 13.2. The van der Waals surface area contributed by atoms with Crippen molar-refractivity contribution in [3.63, 3.8) is 0 Å².